The van der Waals surface area contributed by atoms with E-state index in [-0.39, 0.29) is 26.3 Å². The number of rotatable bonds is 8. The highest BCUT2D eigenvalue weighted by molar-refractivity contribution is 5.68. The Morgan fingerprint density at radius 2 is 1.15 bits per heavy atom. The van der Waals surface area contributed by atoms with Crippen LogP contribution in [0.15, 0.2) is 60.7 Å². The second kappa shape index (κ2) is 10.7. The molecule has 0 spiro atoms. The molecular formula is C19H22N2O5. The number of alkyl carbamates (subject to hydrolysis) is 2. The Morgan fingerprint density at radius 3 is 1.54 bits per heavy atom. The lowest BCUT2D eigenvalue weighted by molar-refractivity contribution is 0.117. The van der Waals surface area contributed by atoms with E-state index < -0.39 is 18.3 Å². The molecule has 0 fully saturated rings. The van der Waals surface area contributed by atoms with Gasteiger partial charge in [0.25, 0.3) is 0 Å². The molecule has 0 aliphatic rings. The minimum atomic E-state index is -0.955. The quantitative estimate of drug-likeness (QED) is 0.672. The van der Waals surface area contributed by atoms with E-state index in [4.69, 9.17) is 9.47 Å². The minimum Gasteiger partial charge on any atom is -0.445 e. The first-order valence-electron chi connectivity index (χ1n) is 8.20. The molecule has 2 aromatic carbocycles. The number of hydrogen-bond donors (Lipinski definition) is 3. The molecule has 26 heavy (non-hydrogen) atoms. The number of nitrogens with one attached hydrogen (secondary N) is 2. The van der Waals surface area contributed by atoms with E-state index in [1.807, 2.05) is 60.7 Å². The first-order chi connectivity index (χ1) is 12.6. The van der Waals surface area contributed by atoms with E-state index in [9.17, 15) is 14.7 Å². The molecule has 0 atom stereocenters. The van der Waals surface area contributed by atoms with Crippen LogP contribution in [-0.4, -0.2) is 36.5 Å². The van der Waals surface area contributed by atoms with Crippen LogP contribution in [0.2, 0.25) is 0 Å². The number of carbonyl (C=O) groups is 2. The molecule has 0 heterocycles. The van der Waals surface area contributed by atoms with Gasteiger partial charge in [-0.05, 0) is 11.1 Å². The molecule has 2 aromatic rings. The lowest BCUT2D eigenvalue weighted by atomic mass is 10.2. The van der Waals surface area contributed by atoms with Gasteiger partial charge in [0.1, 0.15) is 13.2 Å². The van der Waals surface area contributed by atoms with E-state index >= 15 is 0 Å². The van der Waals surface area contributed by atoms with E-state index in [0.717, 1.165) is 11.1 Å². The van der Waals surface area contributed by atoms with Gasteiger partial charge in [0.2, 0.25) is 0 Å². The van der Waals surface area contributed by atoms with Crippen molar-refractivity contribution >= 4 is 12.2 Å². The van der Waals surface area contributed by atoms with Gasteiger partial charge in [0.05, 0.1) is 6.10 Å². The van der Waals surface area contributed by atoms with Gasteiger partial charge in [-0.3, -0.25) is 0 Å². The lowest BCUT2D eigenvalue weighted by Crippen LogP contribution is -2.40. The summed E-state index contributed by atoms with van der Waals surface area (Å²) in [7, 11) is 0. The third-order valence-electron chi connectivity index (χ3n) is 3.39. The highest BCUT2D eigenvalue weighted by atomic mass is 16.6. The molecule has 0 aliphatic carbocycles. The van der Waals surface area contributed by atoms with Crippen LogP contribution >= 0.6 is 0 Å². The van der Waals surface area contributed by atoms with Crippen molar-refractivity contribution in [3.63, 3.8) is 0 Å². The third kappa shape index (κ3) is 7.67. The molecule has 3 N–H and O–H groups in total. The number of amides is 2. The maximum absolute atomic E-state index is 11.6. The number of aliphatic hydroxyl groups excluding tert-OH is 1. The molecule has 0 unspecified atom stereocenters. The Morgan fingerprint density at radius 1 is 0.769 bits per heavy atom. The van der Waals surface area contributed by atoms with Gasteiger partial charge in [-0.25, -0.2) is 9.59 Å². The molecular weight excluding hydrogens is 336 g/mol. The average Bonchev–Trinajstić information content (AvgIpc) is 2.69. The fourth-order valence-electron chi connectivity index (χ4n) is 2.02. The second-order valence-corrected chi connectivity index (χ2v) is 5.54. The van der Waals surface area contributed by atoms with Gasteiger partial charge in [-0.1, -0.05) is 60.7 Å². The van der Waals surface area contributed by atoms with Crippen LogP contribution in [-0.2, 0) is 22.7 Å². The number of benzene rings is 2. The molecule has 0 aliphatic heterocycles. The molecule has 138 valence electrons. The fraction of sp³-hybridized carbons (Fsp3) is 0.263. The number of carbonyl (C=O) groups excluding carboxylic acids is 2. The highest BCUT2D eigenvalue weighted by Gasteiger charge is 2.10. The van der Waals surface area contributed by atoms with Crippen LogP contribution in [0.25, 0.3) is 0 Å². The van der Waals surface area contributed by atoms with Crippen molar-refractivity contribution in [1.29, 1.82) is 0 Å². The minimum absolute atomic E-state index is 0.0490. The Labute approximate surface area is 151 Å². The van der Waals surface area contributed by atoms with Crippen LogP contribution in [0.1, 0.15) is 11.1 Å². The van der Waals surface area contributed by atoms with Crippen molar-refractivity contribution in [3.05, 3.63) is 71.8 Å². The summed E-state index contributed by atoms with van der Waals surface area (Å²) in [5, 5.41) is 14.6. The summed E-state index contributed by atoms with van der Waals surface area (Å²) in [6.07, 6.45) is -2.23. The zero-order chi connectivity index (χ0) is 18.6. The lowest BCUT2D eigenvalue weighted by Gasteiger charge is -2.13. The molecule has 0 bridgehead atoms. The van der Waals surface area contributed by atoms with Crippen molar-refractivity contribution in [3.8, 4) is 0 Å². The van der Waals surface area contributed by atoms with E-state index in [0.29, 0.717) is 0 Å². The number of hydrogen-bond acceptors (Lipinski definition) is 5. The Hall–Kier alpha value is -3.06. The fourth-order valence-corrected chi connectivity index (χ4v) is 2.02. The first kappa shape index (κ1) is 19.3. The van der Waals surface area contributed by atoms with Crippen molar-refractivity contribution < 1.29 is 24.2 Å². The zero-order valence-electron chi connectivity index (χ0n) is 14.3. The molecule has 0 saturated heterocycles. The largest absolute Gasteiger partial charge is 0.445 e. The molecule has 2 rings (SSSR count). The van der Waals surface area contributed by atoms with Crippen LogP contribution in [0.4, 0.5) is 9.59 Å². The number of ether oxygens (including phenoxy) is 2. The predicted octanol–water partition coefficient (Wildman–Crippen LogP) is 2.20. The van der Waals surface area contributed by atoms with Crippen molar-refractivity contribution in [2.75, 3.05) is 13.1 Å². The average molecular weight is 358 g/mol. The van der Waals surface area contributed by atoms with Crippen molar-refractivity contribution in [1.82, 2.24) is 10.6 Å². The van der Waals surface area contributed by atoms with E-state index in [1.54, 1.807) is 0 Å². The maximum Gasteiger partial charge on any atom is 0.407 e. The summed E-state index contributed by atoms with van der Waals surface area (Å²) < 4.78 is 10.0. The van der Waals surface area contributed by atoms with Crippen LogP contribution < -0.4 is 10.6 Å². The van der Waals surface area contributed by atoms with Crippen molar-refractivity contribution in [2.45, 2.75) is 19.3 Å². The van der Waals surface area contributed by atoms with Gasteiger partial charge < -0.3 is 25.2 Å². The monoisotopic (exact) mass is 358 g/mol. The number of aliphatic hydroxyl groups is 1. The maximum atomic E-state index is 11.6. The standard InChI is InChI=1S/C19H22N2O5/c22-17(11-20-18(23)25-13-15-7-3-1-4-8-15)12-21-19(24)26-14-16-9-5-2-6-10-16/h1-10,17,22H,11-14H2,(H,20,23)(H,21,24). The smallest absolute Gasteiger partial charge is 0.407 e. The Kier molecular flexibility index (Phi) is 7.95. The first-order valence-corrected chi connectivity index (χ1v) is 8.20. The van der Waals surface area contributed by atoms with Crippen LogP contribution in [0.3, 0.4) is 0 Å². The van der Waals surface area contributed by atoms with Crippen LogP contribution in [0, 0.1) is 0 Å². The van der Waals surface area contributed by atoms with E-state index in [2.05, 4.69) is 10.6 Å². The SMILES string of the molecule is O=C(NCC(O)CNC(=O)OCc1ccccc1)OCc1ccccc1. The van der Waals surface area contributed by atoms with Gasteiger partial charge >= 0.3 is 12.2 Å². The molecule has 2 amide bonds. The summed E-state index contributed by atoms with van der Waals surface area (Å²) in [5.74, 6) is 0. The molecule has 7 nitrogen and oxygen atoms in total. The highest BCUT2D eigenvalue weighted by Crippen LogP contribution is 2.01. The third-order valence-corrected chi connectivity index (χ3v) is 3.39. The summed E-state index contributed by atoms with van der Waals surface area (Å²) >= 11 is 0. The van der Waals surface area contributed by atoms with Gasteiger partial charge in [-0.15, -0.1) is 0 Å². The Balaban J connectivity index is 1.55. The predicted molar refractivity (Wildman–Crippen MR) is 95.3 cm³/mol. The molecule has 0 radical (unpaired) electrons. The summed E-state index contributed by atoms with van der Waals surface area (Å²) in [6, 6.07) is 18.5. The van der Waals surface area contributed by atoms with Crippen molar-refractivity contribution in [2.24, 2.45) is 0 Å². The molecule has 0 aromatic heterocycles. The zero-order valence-corrected chi connectivity index (χ0v) is 14.3. The molecule has 7 heteroatoms. The van der Waals surface area contributed by atoms with E-state index in [1.165, 1.54) is 0 Å². The van der Waals surface area contributed by atoms with Crippen LogP contribution in [0.5, 0.6) is 0 Å². The summed E-state index contributed by atoms with van der Waals surface area (Å²) in [6.45, 7) is 0.193. The normalized spacial score (nSPS) is 10.2. The Bertz CT molecular complexity index is 619. The summed E-state index contributed by atoms with van der Waals surface area (Å²) in [5.41, 5.74) is 1.73. The molecule has 0 saturated carbocycles. The summed E-state index contributed by atoms with van der Waals surface area (Å²) in [4.78, 5) is 23.1. The van der Waals surface area contributed by atoms with Gasteiger partial charge in [0.15, 0.2) is 0 Å². The second-order valence-electron chi connectivity index (χ2n) is 5.54. The van der Waals surface area contributed by atoms with Gasteiger partial charge in [-0.2, -0.15) is 0 Å². The topological polar surface area (TPSA) is 96.9 Å². The van der Waals surface area contributed by atoms with Gasteiger partial charge in [0, 0.05) is 13.1 Å².